The number of hydrogen-bond acceptors (Lipinski definition) is 4. The second-order valence-corrected chi connectivity index (χ2v) is 4.33. The van der Waals surface area contributed by atoms with Crippen molar-refractivity contribution in [2.24, 2.45) is 13.0 Å². The van der Waals surface area contributed by atoms with Crippen LogP contribution in [-0.2, 0) is 18.4 Å². The van der Waals surface area contributed by atoms with Gasteiger partial charge in [0, 0.05) is 25.8 Å². The summed E-state index contributed by atoms with van der Waals surface area (Å²) in [5, 5.41) is 16.9. The Morgan fingerprint density at radius 1 is 1.69 bits per heavy atom. The second kappa shape index (κ2) is 4.21. The van der Waals surface area contributed by atoms with Crippen LogP contribution >= 0.6 is 0 Å². The highest BCUT2D eigenvalue weighted by Gasteiger charge is 2.35. The van der Waals surface area contributed by atoms with Crippen molar-refractivity contribution < 1.29 is 9.90 Å². The van der Waals surface area contributed by atoms with Gasteiger partial charge in [-0.25, -0.2) is 0 Å². The largest absolute Gasteiger partial charge is 0.481 e. The minimum atomic E-state index is -0.700. The van der Waals surface area contributed by atoms with E-state index >= 15 is 0 Å². The van der Waals surface area contributed by atoms with E-state index < -0.39 is 5.97 Å². The zero-order chi connectivity index (χ0) is 11.7. The maximum Gasteiger partial charge on any atom is 0.308 e. The molecule has 0 spiro atoms. The van der Waals surface area contributed by atoms with Crippen molar-refractivity contribution in [2.45, 2.75) is 25.9 Å². The highest BCUT2D eigenvalue weighted by atomic mass is 16.4. The fourth-order valence-corrected chi connectivity index (χ4v) is 2.23. The summed E-state index contributed by atoms with van der Waals surface area (Å²) in [7, 11) is 1.82. The van der Waals surface area contributed by atoms with Crippen molar-refractivity contribution in [1.29, 1.82) is 0 Å². The van der Waals surface area contributed by atoms with Crippen LogP contribution in [0.3, 0.4) is 0 Å². The molecule has 1 aromatic heterocycles. The number of aromatic nitrogens is 3. The number of aryl methyl sites for hydroxylation is 1. The van der Waals surface area contributed by atoms with Gasteiger partial charge in [0.1, 0.15) is 0 Å². The minimum absolute atomic E-state index is 0.0690. The van der Waals surface area contributed by atoms with E-state index in [9.17, 15) is 4.79 Å². The van der Waals surface area contributed by atoms with Gasteiger partial charge in [-0.1, -0.05) is 5.21 Å². The molecule has 2 heterocycles. The fourth-order valence-electron chi connectivity index (χ4n) is 2.23. The molecular weight excluding hydrogens is 208 g/mol. The Bertz CT molecular complexity index is 390. The third kappa shape index (κ3) is 2.06. The Labute approximate surface area is 93.9 Å². The van der Waals surface area contributed by atoms with Gasteiger partial charge in [-0.05, 0) is 19.9 Å². The number of likely N-dealkylation sites (tertiary alicyclic amines) is 1. The van der Waals surface area contributed by atoms with Gasteiger partial charge in [-0.15, -0.1) is 5.10 Å². The van der Waals surface area contributed by atoms with Crippen molar-refractivity contribution >= 4 is 5.97 Å². The standard InChI is InChI=1S/C10H16N4O2/c1-7-9(10(15)16)3-4-14(7)6-8-5-13(2)12-11-8/h5,7,9H,3-4,6H2,1-2H3,(H,15,16). The van der Waals surface area contributed by atoms with Crippen LogP contribution in [0.15, 0.2) is 6.20 Å². The Balaban J connectivity index is 2.00. The highest BCUT2D eigenvalue weighted by Crippen LogP contribution is 2.25. The lowest BCUT2D eigenvalue weighted by molar-refractivity contribution is -0.142. The van der Waals surface area contributed by atoms with Crippen LogP contribution in [0.25, 0.3) is 0 Å². The number of aliphatic carboxylic acids is 1. The van der Waals surface area contributed by atoms with E-state index in [0.717, 1.165) is 18.7 Å². The molecule has 6 heteroatoms. The molecule has 0 amide bonds. The molecule has 2 unspecified atom stereocenters. The Morgan fingerprint density at radius 3 is 2.94 bits per heavy atom. The molecule has 1 fully saturated rings. The van der Waals surface area contributed by atoms with Crippen LogP contribution in [0.5, 0.6) is 0 Å². The third-order valence-electron chi connectivity index (χ3n) is 3.22. The molecule has 16 heavy (non-hydrogen) atoms. The quantitative estimate of drug-likeness (QED) is 0.789. The molecule has 1 aliphatic rings. The summed E-state index contributed by atoms with van der Waals surface area (Å²) < 4.78 is 1.66. The van der Waals surface area contributed by atoms with E-state index in [0.29, 0.717) is 6.54 Å². The smallest absolute Gasteiger partial charge is 0.308 e. The van der Waals surface area contributed by atoms with E-state index in [4.69, 9.17) is 5.11 Å². The predicted molar refractivity (Wildman–Crippen MR) is 56.6 cm³/mol. The van der Waals surface area contributed by atoms with Crippen LogP contribution in [0.4, 0.5) is 0 Å². The summed E-state index contributed by atoms with van der Waals surface area (Å²) in [6, 6.07) is 0.0690. The number of rotatable bonds is 3. The number of hydrogen-bond donors (Lipinski definition) is 1. The van der Waals surface area contributed by atoms with Crippen molar-refractivity contribution in [3.05, 3.63) is 11.9 Å². The van der Waals surface area contributed by atoms with Crippen LogP contribution in [0.1, 0.15) is 19.0 Å². The first-order chi connectivity index (χ1) is 7.58. The molecule has 6 nitrogen and oxygen atoms in total. The van der Waals surface area contributed by atoms with Crippen LogP contribution in [0.2, 0.25) is 0 Å². The molecule has 0 saturated carbocycles. The molecule has 2 rings (SSSR count). The normalized spacial score (nSPS) is 26.1. The first-order valence-electron chi connectivity index (χ1n) is 5.40. The Hall–Kier alpha value is -1.43. The summed E-state index contributed by atoms with van der Waals surface area (Å²) in [6.45, 7) is 3.45. The molecule has 88 valence electrons. The summed E-state index contributed by atoms with van der Waals surface area (Å²) in [5.74, 6) is -0.953. The maximum absolute atomic E-state index is 11.0. The van der Waals surface area contributed by atoms with E-state index in [1.165, 1.54) is 0 Å². The van der Waals surface area contributed by atoms with Gasteiger partial charge in [0.15, 0.2) is 0 Å². The number of carbonyl (C=O) groups is 1. The first kappa shape index (κ1) is 11.1. The minimum Gasteiger partial charge on any atom is -0.481 e. The van der Waals surface area contributed by atoms with E-state index in [-0.39, 0.29) is 12.0 Å². The topological polar surface area (TPSA) is 71.2 Å². The second-order valence-electron chi connectivity index (χ2n) is 4.33. The number of carboxylic acid groups (broad SMARTS) is 1. The van der Waals surface area contributed by atoms with Gasteiger partial charge < -0.3 is 5.11 Å². The summed E-state index contributed by atoms with van der Waals surface area (Å²) in [6.07, 6.45) is 2.58. The molecule has 0 aliphatic carbocycles. The molecular formula is C10H16N4O2. The molecule has 1 saturated heterocycles. The molecule has 1 aliphatic heterocycles. The van der Waals surface area contributed by atoms with Gasteiger partial charge in [0.2, 0.25) is 0 Å². The summed E-state index contributed by atoms with van der Waals surface area (Å²) in [4.78, 5) is 13.1. The molecule has 1 aromatic rings. The van der Waals surface area contributed by atoms with Crippen molar-refractivity contribution in [3.8, 4) is 0 Å². The van der Waals surface area contributed by atoms with Gasteiger partial charge >= 0.3 is 5.97 Å². The van der Waals surface area contributed by atoms with E-state index in [1.54, 1.807) is 4.68 Å². The fraction of sp³-hybridized carbons (Fsp3) is 0.700. The first-order valence-corrected chi connectivity index (χ1v) is 5.40. The van der Waals surface area contributed by atoms with Gasteiger partial charge in [-0.2, -0.15) is 0 Å². The van der Waals surface area contributed by atoms with Gasteiger partial charge in [0.25, 0.3) is 0 Å². The molecule has 0 bridgehead atoms. The predicted octanol–water partition coefficient (Wildman–Crippen LogP) is 0.110. The Kier molecular flexibility index (Phi) is 2.91. The van der Waals surface area contributed by atoms with Gasteiger partial charge in [0.05, 0.1) is 11.6 Å². The zero-order valence-electron chi connectivity index (χ0n) is 9.50. The zero-order valence-corrected chi connectivity index (χ0v) is 9.50. The van der Waals surface area contributed by atoms with Crippen LogP contribution in [-0.4, -0.2) is 43.6 Å². The number of carboxylic acids is 1. The third-order valence-corrected chi connectivity index (χ3v) is 3.22. The molecule has 0 radical (unpaired) electrons. The Morgan fingerprint density at radius 2 is 2.44 bits per heavy atom. The molecule has 1 N–H and O–H groups in total. The van der Waals surface area contributed by atoms with Crippen LogP contribution < -0.4 is 0 Å². The lowest BCUT2D eigenvalue weighted by Crippen LogP contribution is -2.32. The summed E-state index contributed by atoms with van der Waals surface area (Å²) >= 11 is 0. The van der Waals surface area contributed by atoms with Crippen molar-refractivity contribution in [1.82, 2.24) is 19.9 Å². The van der Waals surface area contributed by atoms with E-state index in [2.05, 4.69) is 15.2 Å². The van der Waals surface area contributed by atoms with Gasteiger partial charge in [-0.3, -0.25) is 14.4 Å². The summed E-state index contributed by atoms with van der Waals surface area (Å²) in [5.41, 5.74) is 0.889. The molecule has 0 aromatic carbocycles. The lowest BCUT2D eigenvalue weighted by Gasteiger charge is -2.21. The monoisotopic (exact) mass is 224 g/mol. The average Bonchev–Trinajstić information content (AvgIpc) is 2.76. The van der Waals surface area contributed by atoms with E-state index in [1.807, 2.05) is 20.2 Å². The highest BCUT2D eigenvalue weighted by molar-refractivity contribution is 5.71. The van der Waals surface area contributed by atoms with Crippen molar-refractivity contribution in [3.63, 3.8) is 0 Å². The van der Waals surface area contributed by atoms with Crippen LogP contribution in [0, 0.1) is 5.92 Å². The molecule has 2 atom stereocenters. The van der Waals surface area contributed by atoms with Crippen molar-refractivity contribution in [2.75, 3.05) is 6.54 Å². The maximum atomic E-state index is 11.0. The number of nitrogens with zero attached hydrogens (tertiary/aromatic N) is 4. The SMILES string of the molecule is CC1C(C(=O)O)CCN1Cc1cn(C)nn1. The average molecular weight is 224 g/mol. The lowest BCUT2D eigenvalue weighted by atomic mass is 10.0.